The molecule has 154 valence electrons. The lowest BCUT2D eigenvalue weighted by Crippen LogP contribution is -2.42. The lowest BCUT2D eigenvalue weighted by atomic mass is 9.87. The molecule has 6 heteroatoms. The molecular formula is C24H23Cl2N3O. The van der Waals surface area contributed by atoms with Gasteiger partial charge in [-0.25, -0.2) is 0 Å². The number of carbonyl (C=O) groups is 1. The second kappa shape index (κ2) is 8.18. The van der Waals surface area contributed by atoms with Crippen molar-refractivity contribution < 1.29 is 4.79 Å². The van der Waals surface area contributed by atoms with Gasteiger partial charge in [-0.3, -0.25) is 4.79 Å². The fourth-order valence-electron chi connectivity index (χ4n) is 3.56. The van der Waals surface area contributed by atoms with E-state index in [2.05, 4.69) is 50.2 Å². The van der Waals surface area contributed by atoms with Crippen LogP contribution in [0, 0.1) is 18.3 Å². The normalized spacial score (nSPS) is 15.2. The Kier molecular flexibility index (Phi) is 5.99. The van der Waals surface area contributed by atoms with E-state index in [4.69, 9.17) is 23.2 Å². The van der Waals surface area contributed by atoms with Gasteiger partial charge in [-0.1, -0.05) is 29.3 Å². The fraction of sp³-hybridized carbons (Fsp3) is 0.250. The summed E-state index contributed by atoms with van der Waals surface area (Å²) >= 11 is 12.0. The van der Waals surface area contributed by atoms with Crippen molar-refractivity contribution in [3.8, 4) is 6.07 Å². The van der Waals surface area contributed by atoms with Crippen LogP contribution >= 0.6 is 23.2 Å². The number of anilines is 2. The molecule has 0 radical (unpaired) electrons. The first-order valence-corrected chi connectivity index (χ1v) is 10.3. The van der Waals surface area contributed by atoms with Crippen molar-refractivity contribution in [1.29, 1.82) is 5.26 Å². The third-order valence-electron chi connectivity index (χ3n) is 5.45. The highest BCUT2D eigenvalue weighted by atomic mass is 35.5. The van der Waals surface area contributed by atoms with Gasteiger partial charge in [0.25, 0.3) is 5.91 Å². The minimum atomic E-state index is -0.524. The molecule has 30 heavy (non-hydrogen) atoms. The summed E-state index contributed by atoms with van der Waals surface area (Å²) in [5.41, 5.74) is 5.50. The summed E-state index contributed by atoms with van der Waals surface area (Å²) in [7, 11) is 2.07. The monoisotopic (exact) mass is 439 g/mol. The van der Waals surface area contributed by atoms with Crippen molar-refractivity contribution in [3.63, 3.8) is 0 Å². The molecule has 2 aromatic carbocycles. The molecule has 1 aliphatic heterocycles. The summed E-state index contributed by atoms with van der Waals surface area (Å²) < 4.78 is 0. The molecule has 0 aliphatic carbocycles. The number of allylic oxidation sites excluding steroid dienone is 1. The van der Waals surface area contributed by atoms with Gasteiger partial charge in [0.05, 0.1) is 16.2 Å². The van der Waals surface area contributed by atoms with E-state index in [0.717, 1.165) is 22.4 Å². The SMILES string of the molecule is CC1=CC(C)(C)N(C)c2cc(C)c(/C=C(\C#N)C(=O)Nc3ccc(Cl)cc3Cl)cc21. The van der Waals surface area contributed by atoms with Crippen LogP contribution in [0.2, 0.25) is 10.0 Å². The summed E-state index contributed by atoms with van der Waals surface area (Å²) in [5, 5.41) is 13.0. The summed E-state index contributed by atoms with van der Waals surface area (Å²) in [6, 6.07) is 10.9. The number of likely N-dealkylation sites (N-methyl/N-ethyl adjacent to an activating group) is 1. The first kappa shape index (κ1) is 22.0. The number of amides is 1. The molecular weight excluding hydrogens is 417 g/mol. The quantitative estimate of drug-likeness (QED) is 0.439. The standard InChI is InChI=1S/C24H23Cl2N3O/c1-14-8-22-19(15(2)12-24(3,4)29(22)5)10-16(14)9-17(13-27)23(30)28-21-7-6-18(25)11-20(21)26/h6-12H,1-5H3,(H,28,30)/b17-9+. The molecule has 0 bridgehead atoms. The van der Waals surface area contributed by atoms with E-state index in [1.165, 1.54) is 11.6 Å². The van der Waals surface area contributed by atoms with Gasteiger partial charge in [0, 0.05) is 23.3 Å². The minimum absolute atomic E-state index is 0.00445. The molecule has 1 amide bonds. The fourth-order valence-corrected chi connectivity index (χ4v) is 4.01. The first-order valence-electron chi connectivity index (χ1n) is 9.50. The Bertz CT molecular complexity index is 1140. The van der Waals surface area contributed by atoms with E-state index in [1.54, 1.807) is 18.2 Å². The number of aryl methyl sites for hydroxylation is 1. The molecule has 0 aromatic heterocycles. The van der Waals surface area contributed by atoms with Gasteiger partial charge >= 0.3 is 0 Å². The zero-order valence-electron chi connectivity index (χ0n) is 17.6. The first-order chi connectivity index (χ1) is 14.0. The van der Waals surface area contributed by atoms with Crippen LogP contribution in [0.5, 0.6) is 0 Å². The number of nitriles is 1. The van der Waals surface area contributed by atoms with E-state index in [1.807, 2.05) is 19.1 Å². The highest BCUT2D eigenvalue weighted by molar-refractivity contribution is 6.36. The van der Waals surface area contributed by atoms with Crippen LogP contribution in [0.3, 0.4) is 0 Å². The number of carbonyl (C=O) groups excluding carboxylic acids is 1. The third kappa shape index (κ3) is 4.23. The molecule has 4 nitrogen and oxygen atoms in total. The van der Waals surface area contributed by atoms with Crippen molar-refractivity contribution in [1.82, 2.24) is 0 Å². The van der Waals surface area contributed by atoms with Gasteiger partial charge in [-0.15, -0.1) is 0 Å². The van der Waals surface area contributed by atoms with Crippen molar-refractivity contribution >= 4 is 52.1 Å². The smallest absolute Gasteiger partial charge is 0.266 e. The van der Waals surface area contributed by atoms with Crippen LogP contribution in [0.25, 0.3) is 11.6 Å². The van der Waals surface area contributed by atoms with Gasteiger partial charge < -0.3 is 10.2 Å². The van der Waals surface area contributed by atoms with E-state index in [-0.39, 0.29) is 11.1 Å². The molecule has 0 saturated heterocycles. The average Bonchev–Trinajstić information content (AvgIpc) is 2.66. The number of nitrogens with one attached hydrogen (secondary N) is 1. The maximum absolute atomic E-state index is 12.7. The zero-order valence-corrected chi connectivity index (χ0v) is 19.1. The largest absolute Gasteiger partial charge is 0.365 e. The van der Waals surface area contributed by atoms with Crippen molar-refractivity contribution in [2.45, 2.75) is 33.2 Å². The molecule has 0 saturated carbocycles. The van der Waals surface area contributed by atoms with Gasteiger partial charge in [0.1, 0.15) is 11.6 Å². The Morgan fingerprint density at radius 1 is 1.20 bits per heavy atom. The highest BCUT2D eigenvalue weighted by Crippen LogP contribution is 2.39. The lowest BCUT2D eigenvalue weighted by molar-refractivity contribution is -0.112. The molecule has 1 aliphatic rings. The Labute approximate surface area is 187 Å². The third-order valence-corrected chi connectivity index (χ3v) is 6.00. The van der Waals surface area contributed by atoms with Crippen molar-refractivity contribution in [2.75, 3.05) is 17.3 Å². The van der Waals surface area contributed by atoms with E-state index < -0.39 is 5.91 Å². The van der Waals surface area contributed by atoms with E-state index in [0.29, 0.717) is 15.7 Å². The number of benzene rings is 2. The van der Waals surface area contributed by atoms with Crippen LogP contribution in [0.1, 0.15) is 37.5 Å². The maximum atomic E-state index is 12.7. The maximum Gasteiger partial charge on any atom is 0.266 e. The molecule has 3 rings (SSSR count). The summed E-state index contributed by atoms with van der Waals surface area (Å²) in [4.78, 5) is 14.9. The number of hydrogen-bond acceptors (Lipinski definition) is 3. The molecule has 1 heterocycles. The van der Waals surface area contributed by atoms with Crippen LogP contribution < -0.4 is 10.2 Å². The average molecular weight is 440 g/mol. The van der Waals surface area contributed by atoms with Crippen molar-refractivity contribution in [3.05, 3.63) is 68.7 Å². The predicted molar refractivity (Wildman–Crippen MR) is 126 cm³/mol. The number of halogens is 2. The second-order valence-electron chi connectivity index (χ2n) is 8.01. The van der Waals surface area contributed by atoms with Gasteiger partial charge in [-0.2, -0.15) is 5.26 Å². The number of nitrogens with zero attached hydrogens (tertiary/aromatic N) is 2. The predicted octanol–water partition coefficient (Wildman–Crippen LogP) is 6.48. The number of fused-ring (bicyclic) bond motifs is 1. The topological polar surface area (TPSA) is 56.1 Å². The summed E-state index contributed by atoms with van der Waals surface area (Å²) in [6.07, 6.45) is 3.83. The molecule has 0 unspecified atom stereocenters. The van der Waals surface area contributed by atoms with E-state index in [9.17, 15) is 10.1 Å². The number of hydrogen-bond donors (Lipinski definition) is 1. The highest BCUT2D eigenvalue weighted by Gasteiger charge is 2.29. The Morgan fingerprint density at radius 2 is 1.90 bits per heavy atom. The molecule has 0 atom stereocenters. The summed E-state index contributed by atoms with van der Waals surface area (Å²) in [6.45, 7) is 8.39. The Morgan fingerprint density at radius 3 is 2.53 bits per heavy atom. The molecule has 0 fully saturated rings. The zero-order chi connectivity index (χ0) is 22.2. The molecule has 1 N–H and O–H groups in total. The Hall–Kier alpha value is -2.74. The van der Waals surface area contributed by atoms with Gasteiger partial charge in [0.2, 0.25) is 0 Å². The van der Waals surface area contributed by atoms with Crippen LogP contribution in [0.4, 0.5) is 11.4 Å². The second-order valence-corrected chi connectivity index (χ2v) is 8.86. The minimum Gasteiger partial charge on any atom is -0.365 e. The Balaban J connectivity index is 1.98. The summed E-state index contributed by atoms with van der Waals surface area (Å²) in [5.74, 6) is -0.524. The van der Waals surface area contributed by atoms with Crippen molar-refractivity contribution in [2.24, 2.45) is 0 Å². The van der Waals surface area contributed by atoms with Gasteiger partial charge in [-0.05, 0) is 80.8 Å². The molecule has 0 spiro atoms. The van der Waals surface area contributed by atoms with E-state index >= 15 is 0 Å². The van der Waals surface area contributed by atoms with Crippen LogP contribution in [-0.4, -0.2) is 18.5 Å². The van der Waals surface area contributed by atoms with Crippen LogP contribution in [-0.2, 0) is 4.79 Å². The number of rotatable bonds is 3. The lowest BCUT2D eigenvalue weighted by Gasteiger charge is -2.41. The van der Waals surface area contributed by atoms with Gasteiger partial charge in [0.15, 0.2) is 0 Å². The molecule has 2 aromatic rings. The van der Waals surface area contributed by atoms with Crippen LogP contribution in [0.15, 0.2) is 42.0 Å².